The third-order valence-corrected chi connectivity index (χ3v) is 13.4. The van der Waals surface area contributed by atoms with Crippen LogP contribution in [0, 0.1) is 0 Å². The molecule has 7 heteroatoms. The number of para-hydroxylation sites is 5. The fourth-order valence-corrected chi connectivity index (χ4v) is 10.5. The summed E-state index contributed by atoms with van der Waals surface area (Å²) < 4.78 is 6.78. The Balaban J connectivity index is 0.927. The third-order valence-electron chi connectivity index (χ3n) is 13.4. The summed E-state index contributed by atoms with van der Waals surface area (Å²) >= 11 is 0. The molecule has 15 aromatic rings. The zero-order valence-electron chi connectivity index (χ0n) is 33.5. The summed E-state index contributed by atoms with van der Waals surface area (Å²) in [7, 11) is 0. The van der Waals surface area contributed by atoms with Gasteiger partial charge >= 0.3 is 0 Å². The molecule has 290 valence electrons. The van der Waals surface area contributed by atoms with Crippen molar-refractivity contribution in [1.82, 2.24) is 33.1 Å². The lowest BCUT2D eigenvalue weighted by molar-refractivity contribution is 1.15. The normalized spacial score (nSPS) is 12.4. The van der Waals surface area contributed by atoms with Gasteiger partial charge in [0.15, 0.2) is 0 Å². The molecule has 0 aliphatic carbocycles. The summed E-state index contributed by atoms with van der Waals surface area (Å²) in [5.41, 5.74) is 16.8. The Morgan fingerprint density at radius 2 is 0.841 bits per heavy atom. The van der Waals surface area contributed by atoms with Crippen LogP contribution in [0.5, 0.6) is 0 Å². The van der Waals surface area contributed by atoms with E-state index in [0.717, 1.165) is 105 Å². The van der Waals surface area contributed by atoms with E-state index < -0.39 is 0 Å². The summed E-state index contributed by atoms with van der Waals surface area (Å²) in [5.74, 6) is 0. The number of aromatic nitrogens is 7. The zero-order valence-corrected chi connectivity index (χ0v) is 33.5. The van der Waals surface area contributed by atoms with E-state index in [1.165, 1.54) is 32.3 Å². The first-order valence-electron chi connectivity index (χ1n) is 21.3. The molecular formula is C56H31N7. The lowest BCUT2D eigenvalue weighted by atomic mass is 9.94. The molecule has 0 saturated heterocycles. The Morgan fingerprint density at radius 3 is 1.60 bits per heavy atom. The standard InChI is InChI=1S/C56H31N7/c1-2-10-42-38(9-1)39-23-18-34(29-51(39)62-49-15-7-5-13-45(49)58-55(42)62)32-17-22-37-36(27-32)20-25-41-40-24-19-35(30-52(40)63-50-16-8-6-14-46(50)59-56(63)53(37)41)33-21-26-48-47(28-33)60-54-43-11-3-4-12-44(43)57-31-61(48)54/h1-31H. The highest BCUT2D eigenvalue weighted by atomic mass is 15.1. The monoisotopic (exact) mass is 801 g/mol. The van der Waals surface area contributed by atoms with Crippen molar-refractivity contribution in [3.05, 3.63) is 188 Å². The number of rotatable bonds is 2. The number of fused-ring (bicyclic) bond motifs is 23. The van der Waals surface area contributed by atoms with Crippen LogP contribution in [-0.4, -0.2) is 33.1 Å². The van der Waals surface area contributed by atoms with E-state index in [1.54, 1.807) is 0 Å². The molecule has 9 aromatic carbocycles. The maximum atomic E-state index is 5.36. The number of imidazole rings is 3. The summed E-state index contributed by atoms with van der Waals surface area (Å²) in [4.78, 5) is 20.3. The molecule has 0 saturated carbocycles. The first-order chi connectivity index (χ1) is 31.2. The summed E-state index contributed by atoms with van der Waals surface area (Å²) in [6.45, 7) is 0. The number of hydrogen-bond acceptors (Lipinski definition) is 4. The highest BCUT2D eigenvalue weighted by Gasteiger charge is 2.19. The van der Waals surface area contributed by atoms with E-state index in [0.29, 0.717) is 0 Å². The van der Waals surface area contributed by atoms with Gasteiger partial charge in [-0.2, -0.15) is 0 Å². The maximum absolute atomic E-state index is 5.36. The fraction of sp³-hybridized carbons (Fsp3) is 0. The molecule has 6 heterocycles. The van der Waals surface area contributed by atoms with E-state index in [2.05, 4.69) is 177 Å². The minimum absolute atomic E-state index is 0.916. The molecule has 0 aliphatic heterocycles. The lowest BCUT2D eigenvalue weighted by Crippen LogP contribution is -1.94. The van der Waals surface area contributed by atoms with Crippen molar-refractivity contribution < 1.29 is 0 Å². The summed E-state index contributed by atoms with van der Waals surface area (Å²) in [6.07, 6.45) is 1.88. The molecule has 0 fully saturated rings. The van der Waals surface area contributed by atoms with Crippen LogP contribution in [0.2, 0.25) is 0 Å². The number of benzene rings is 9. The van der Waals surface area contributed by atoms with Gasteiger partial charge in [0, 0.05) is 26.9 Å². The molecule has 0 radical (unpaired) electrons. The first kappa shape index (κ1) is 33.1. The molecule has 0 amide bonds. The van der Waals surface area contributed by atoms with Gasteiger partial charge in [-0.1, -0.05) is 115 Å². The maximum Gasteiger partial charge on any atom is 0.148 e. The highest BCUT2D eigenvalue weighted by Crippen LogP contribution is 2.41. The third kappa shape index (κ3) is 4.47. The number of hydrogen-bond donors (Lipinski definition) is 0. The van der Waals surface area contributed by atoms with Gasteiger partial charge in [-0.15, -0.1) is 0 Å². The lowest BCUT2D eigenvalue weighted by Gasteiger charge is -2.14. The van der Waals surface area contributed by atoms with E-state index in [4.69, 9.17) is 19.9 Å². The number of pyridine rings is 2. The number of nitrogens with zero attached hydrogens (tertiary/aromatic N) is 7. The van der Waals surface area contributed by atoms with Crippen LogP contribution < -0.4 is 0 Å². The Labute approximate surface area is 357 Å². The molecule has 6 aromatic heterocycles. The molecule has 0 aliphatic rings. The van der Waals surface area contributed by atoms with Gasteiger partial charge in [0.05, 0.1) is 49.7 Å². The topological polar surface area (TPSA) is 64.8 Å². The largest absolute Gasteiger partial charge is 0.292 e. The molecule has 63 heavy (non-hydrogen) atoms. The molecule has 0 spiro atoms. The Bertz CT molecular complexity index is 4510. The van der Waals surface area contributed by atoms with Crippen molar-refractivity contribution in [2.24, 2.45) is 0 Å². The smallest absolute Gasteiger partial charge is 0.148 e. The Kier molecular flexibility index (Phi) is 6.30. The predicted molar refractivity (Wildman–Crippen MR) is 259 cm³/mol. The average molecular weight is 802 g/mol. The fourth-order valence-electron chi connectivity index (χ4n) is 10.5. The molecular weight excluding hydrogens is 771 g/mol. The van der Waals surface area contributed by atoms with E-state index in [9.17, 15) is 0 Å². The minimum Gasteiger partial charge on any atom is -0.292 e. The second-order valence-electron chi connectivity index (χ2n) is 16.7. The molecule has 0 unspecified atom stereocenters. The second-order valence-corrected chi connectivity index (χ2v) is 16.7. The predicted octanol–water partition coefficient (Wildman–Crippen LogP) is 13.7. The van der Waals surface area contributed by atoms with Crippen LogP contribution in [-0.2, 0) is 0 Å². The Morgan fingerprint density at radius 1 is 0.302 bits per heavy atom. The molecule has 7 nitrogen and oxygen atoms in total. The van der Waals surface area contributed by atoms with Crippen molar-refractivity contribution in [1.29, 1.82) is 0 Å². The van der Waals surface area contributed by atoms with Crippen molar-refractivity contribution in [2.45, 2.75) is 0 Å². The van der Waals surface area contributed by atoms with Gasteiger partial charge in [-0.05, 0) is 111 Å². The molecule has 0 bridgehead atoms. The van der Waals surface area contributed by atoms with Crippen LogP contribution in [0.3, 0.4) is 0 Å². The Hall–Kier alpha value is -8.68. The highest BCUT2D eigenvalue weighted by molar-refractivity contribution is 6.24. The van der Waals surface area contributed by atoms with Crippen LogP contribution in [0.1, 0.15) is 0 Å². The quantitative estimate of drug-likeness (QED) is 0.163. The van der Waals surface area contributed by atoms with Gasteiger partial charge in [0.2, 0.25) is 0 Å². The van der Waals surface area contributed by atoms with Crippen molar-refractivity contribution in [3.8, 4) is 22.3 Å². The van der Waals surface area contributed by atoms with Gasteiger partial charge in [0.1, 0.15) is 23.3 Å². The van der Waals surface area contributed by atoms with E-state index in [1.807, 2.05) is 24.5 Å². The van der Waals surface area contributed by atoms with E-state index in [-0.39, 0.29) is 0 Å². The molecule has 15 rings (SSSR count). The summed E-state index contributed by atoms with van der Waals surface area (Å²) in [6, 6.07) is 65.5. The van der Waals surface area contributed by atoms with Gasteiger partial charge in [0.25, 0.3) is 0 Å². The van der Waals surface area contributed by atoms with Crippen LogP contribution in [0.15, 0.2) is 188 Å². The zero-order chi connectivity index (χ0) is 40.9. The van der Waals surface area contributed by atoms with Crippen LogP contribution in [0.25, 0.3) is 137 Å². The SMILES string of the molecule is c1ccc2c(c1)ncn1c3ccc(-c4ccc5c6ccc7cc(-c8ccc9c%10ccccc%10c%10nc%11ccccc%11n%10c9c8)ccc7c6c6nc7ccccc7n6c5c4)cc3nc21. The van der Waals surface area contributed by atoms with Gasteiger partial charge in [-0.25, -0.2) is 19.9 Å². The van der Waals surface area contributed by atoms with Gasteiger partial charge in [-0.3, -0.25) is 13.2 Å². The van der Waals surface area contributed by atoms with Crippen LogP contribution >= 0.6 is 0 Å². The molecule has 0 N–H and O–H groups in total. The summed E-state index contributed by atoms with van der Waals surface area (Å²) in [5, 5.41) is 10.5. The van der Waals surface area contributed by atoms with Crippen molar-refractivity contribution >= 4 is 115 Å². The average Bonchev–Trinajstić information content (AvgIpc) is 4.05. The van der Waals surface area contributed by atoms with Gasteiger partial charge < -0.3 is 0 Å². The second kappa shape index (κ2) is 12.0. The first-order valence-corrected chi connectivity index (χ1v) is 21.3. The van der Waals surface area contributed by atoms with Crippen LogP contribution in [0.4, 0.5) is 0 Å². The van der Waals surface area contributed by atoms with Crippen molar-refractivity contribution in [2.75, 3.05) is 0 Å². The van der Waals surface area contributed by atoms with E-state index >= 15 is 0 Å². The molecule has 0 atom stereocenters. The minimum atomic E-state index is 0.916. The van der Waals surface area contributed by atoms with Crippen molar-refractivity contribution in [3.63, 3.8) is 0 Å².